The summed E-state index contributed by atoms with van der Waals surface area (Å²) < 4.78 is 30.6. The number of carbonyl (C=O) groups is 1. The van der Waals surface area contributed by atoms with E-state index in [0.29, 0.717) is 5.02 Å². The maximum absolute atomic E-state index is 12.3. The van der Waals surface area contributed by atoms with Gasteiger partial charge in [-0.15, -0.1) is 0 Å². The van der Waals surface area contributed by atoms with Crippen LogP contribution in [0.15, 0.2) is 24.3 Å². The highest BCUT2D eigenvalue weighted by Gasteiger charge is 2.25. The minimum absolute atomic E-state index is 0.00329. The van der Waals surface area contributed by atoms with Crippen LogP contribution in [0.4, 0.5) is 5.69 Å². The van der Waals surface area contributed by atoms with Crippen LogP contribution in [-0.2, 0) is 19.6 Å². The van der Waals surface area contributed by atoms with E-state index in [1.54, 1.807) is 26.0 Å². The summed E-state index contributed by atoms with van der Waals surface area (Å²) in [6, 6.07) is 6.05. The normalized spacial score (nSPS) is 11.6. The van der Waals surface area contributed by atoms with Gasteiger partial charge in [0.25, 0.3) is 0 Å². The first-order valence-electron chi connectivity index (χ1n) is 6.32. The first kappa shape index (κ1) is 17.7. The van der Waals surface area contributed by atoms with Crippen molar-refractivity contribution >= 4 is 33.3 Å². The Bertz CT molecular complexity index is 588. The molecule has 1 aromatic carbocycles. The van der Waals surface area contributed by atoms with Crippen LogP contribution in [0.3, 0.4) is 0 Å². The molecule has 0 aliphatic rings. The van der Waals surface area contributed by atoms with Gasteiger partial charge in [-0.1, -0.05) is 17.7 Å². The lowest BCUT2D eigenvalue weighted by molar-refractivity contribution is -0.135. The number of hydrogen-bond acceptors (Lipinski definition) is 4. The summed E-state index contributed by atoms with van der Waals surface area (Å²) >= 11 is 5.83. The third kappa shape index (κ3) is 5.91. The van der Waals surface area contributed by atoms with Crippen LogP contribution in [-0.4, -0.2) is 44.5 Å². The van der Waals surface area contributed by atoms with Crippen LogP contribution >= 0.6 is 11.6 Å². The fourth-order valence-electron chi connectivity index (χ4n) is 1.60. The number of ether oxygens (including phenoxy) is 1. The predicted molar refractivity (Wildman–Crippen MR) is 81.3 cm³/mol. The lowest BCUT2D eigenvalue weighted by Gasteiger charge is -2.23. The molecule has 0 radical (unpaired) electrons. The van der Waals surface area contributed by atoms with Gasteiger partial charge in [-0.3, -0.25) is 9.10 Å². The van der Waals surface area contributed by atoms with Crippen molar-refractivity contribution in [1.29, 1.82) is 0 Å². The molecule has 0 unspecified atom stereocenters. The molecule has 0 heterocycles. The number of benzene rings is 1. The van der Waals surface area contributed by atoms with E-state index >= 15 is 0 Å². The van der Waals surface area contributed by atoms with Crippen molar-refractivity contribution in [3.8, 4) is 0 Å². The zero-order valence-electron chi connectivity index (χ0n) is 11.8. The predicted octanol–water partition coefficient (Wildman–Crippen LogP) is 1.99. The second-order valence-corrected chi connectivity index (χ2v) is 7.07. The van der Waals surface area contributed by atoms with Gasteiger partial charge in [-0.25, -0.2) is 8.42 Å². The maximum atomic E-state index is 12.3. The van der Waals surface area contributed by atoms with Gasteiger partial charge in [0.1, 0.15) is 6.54 Å². The number of carboxylic acid groups (broad SMARTS) is 1. The van der Waals surface area contributed by atoms with E-state index in [4.69, 9.17) is 21.4 Å². The van der Waals surface area contributed by atoms with Crippen LogP contribution in [0, 0.1) is 0 Å². The van der Waals surface area contributed by atoms with Gasteiger partial charge in [-0.2, -0.15) is 0 Å². The van der Waals surface area contributed by atoms with Crippen molar-refractivity contribution in [3.05, 3.63) is 29.3 Å². The Morgan fingerprint density at radius 3 is 2.62 bits per heavy atom. The zero-order valence-corrected chi connectivity index (χ0v) is 13.4. The quantitative estimate of drug-likeness (QED) is 0.785. The van der Waals surface area contributed by atoms with Crippen molar-refractivity contribution in [2.24, 2.45) is 0 Å². The van der Waals surface area contributed by atoms with E-state index in [1.165, 1.54) is 12.1 Å². The highest BCUT2D eigenvalue weighted by Crippen LogP contribution is 2.22. The molecule has 1 aromatic rings. The molecule has 1 rings (SSSR count). The van der Waals surface area contributed by atoms with E-state index in [1.807, 2.05) is 0 Å². The van der Waals surface area contributed by atoms with Crippen LogP contribution in [0.25, 0.3) is 0 Å². The van der Waals surface area contributed by atoms with Crippen LogP contribution in [0.2, 0.25) is 5.02 Å². The summed E-state index contributed by atoms with van der Waals surface area (Å²) in [7, 11) is -3.81. The molecule has 8 heteroatoms. The van der Waals surface area contributed by atoms with E-state index in [0.717, 1.165) is 4.31 Å². The molecule has 0 spiro atoms. The fourth-order valence-corrected chi connectivity index (χ4v) is 3.06. The average molecular weight is 336 g/mol. The van der Waals surface area contributed by atoms with E-state index in [9.17, 15) is 13.2 Å². The number of aliphatic carboxylic acids is 1. The molecule has 0 aliphatic carbocycles. The summed E-state index contributed by atoms with van der Waals surface area (Å²) in [5.41, 5.74) is 0.217. The molecule has 118 valence electrons. The molecule has 0 aromatic heterocycles. The number of halogens is 1. The topological polar surface area (TPSA) is 83.9 Å². The highest BCUT2D eigenvalue weighted by atomic mass is 35.5. The minimum atomic E-state index is -3.81. The monoisotopic (exact) mass is 335 g/mol. The van der Waals surface area contributed by atoms with Crippen molar-refractivity contribution < 1.29 is 23.1 Å². The van der Waals surface area contributed by atoms with Gasteiger partial charge in [0.2, 0.25) is 10.0 Å². The smallest absolute Gasteiger partial charge is 0.324 e. The molecule has 0 saturated heterocycles. The zero-order chi connectivity index (χ0) is 16.0. The molecule has 0 fully saturated rings. The Morgan fingerprint density at radius 1 is 1.43 bits per heavy atom. The molecule has 6 nitrogen and oxygen atoms in total. The van der Waals surface area contributed by atoms with Gasteiger partial charge in [0.15, 0.2) is 0 Å². The molecular weight excluding hydrogens is 318 g/mol. The average Bonchev–Trinajstić information content (AvgIpc) is 2.34. The molecule has 1 N–H and O–H groups in total. The molecule has 0 aliphatic heterocycles. The van der Waals surface area contributed by atoms with Gasteiger partial charge < -0.3 is 9.84 Å². The summed E-state index contributed by atoms with van der Waals surface area (Å²) in [5.74, 6) is -1.55. The number of sulfonamides is 1. The van der Waals surface area contributed by atoms with Crippen molar-refractivity contribution in [3.63, 3.8) is 0 Å². The third-order valence-electron chi connectivity index (χ3n) is 2.50. The molecule has 0 amide bonds. The lowest BCUT2D eigenvalue weighted by Crippen LogP contribution is -2.38. The van der Waals surface area contributed by atoms with Gasteiger partial charge in [-0.05, 0) is 32.0 Å². The van der Waals surface area contributed by atoms with E-state index in [-0.39, 0.29) is 24.2 Å². The molecule has 0 bridgehead atoms. The Balaban J connectivity index is 2.98. The highest BCUT2D eigenvalue weighted by molar-refractivity contribution is 7.92. The minimum Gasteiger partial charge on any atom is -0.480 e. The summed E-state index contributed by atoms with van der Waals surface area (Å²) in [5, 5.41) is 9.25. The van der Waals surface area contributed by atoms with Crippen molar-refractivity contribution in [2.75, 3.05) is 23.2 Å². The summed E-state index contributed by atoms with van der Waals surface area (Å²) in [6.45, 7) is 2.91. The Labute approximate surface area is 129 Å². The molecule has 0 atom stereocenters. The van der Waals surface area contributed by atoms with E-state index in [2.05, 4.69) is 0 Å². The number of hydrogen-bond donors (Lipinski definition) is 1. The summed E-state index contributed by atoms with van der Waals surface area (Å²) in [6.07, 6.45) is -0.0979. The van der Waals surface area contributed by atoms with Gasteiger partial charge in [0, 0.05) is 5.02 Å². The second kappa shape index (κ2) is 7.63. The molecular formula is C13H18ClNO5S. The SMILES string of the molecule is CC(C)OCCS(=O)(=O)N(CC(=O)O)c1cccc(Cl)c1. The van der Waals surface area contributed by atoms with Crippen LogP contribution in [0.1, 0.15) is 13.8 Å². The number of nitrogens with zero attached hydrogens (tertiary/aromatic N) is 1. The van der Waals surface area contributed by atoms with Gasteiger partial charge in [0.05, 0.1) is 24.2 Å². The fraction of sp³-hybridized carbons (Fsp3) is 0.462. The first-order valence-corrected chi connectivity index (χ1v) is 8.30. The second-order valence-electron chi connectivity index (χ2n) is 4.62. The maximum Gasteiger partial charge on any atom is 0.324 e. The number of rotatable bonds is 8. The van der Waals surface area contributed by atoms with Crippen LogP contribution < -0.4 is 4.31 Å². The first-order chi connectivity index (χ1) is 9.72. The van der Waals surface area contributed by atoms with Crippen molar-refractivity contribution in [2.45, 2.75) is 20.0 Å². The van der Waals surface area contributed by atoms with Gasteiger partial charge >= 0.3 is 5.97 Å². The number of carboxylic acids is 1. The lowest BCUT2D eigenvalue weighted by atomic mass is 10.3. The van der Waals surface area contributed by atoms with Crippen molar-refractivity contribution in [1.82, 2.24) is 0 Å². The van der Waals surface area contributed by atoms with E-state index < -0.39 is 22.5 Å². The molecule has 21 heavy (non-hydrogen) atoms. The van der Waals surface area contributed by atoms with Crippen LogP contribution in [0.5, 0.6) is 0 Å². The standard InChI is InChI=1S/C13H18ClNO5S/c1-10(2)20-6-7-21(18,19)15(9-13(16)17)12-5-3-4-11(14)8-12/h3-5,8,10H,6-7,9H2,1-2H3,(H,16,17). The Hall–Kier alpha value is -1.31. The number of anilines is 1. The third-order valence-corrected chi connectivity index (χ3v) is 4.43. The Morgan fingerprint density at radius 2 is 2.10 bits per heavy atom. The molecule has 0 saturated carbocycles. The largest absolute Gasteiger partial charge is 0.480 e. The Kier molecular flexibility index (Phi) is 6.44. The summed E-state index contributed by atoms with van der Waals surface area (Å²) in [4.78, 5) is 10.9.